The van der Waals surface area contributed by atoms with Crippen LogP contribution in [-0.2, 0) is 17.1 Å². The Labute approximate surface area is 147 Å². The highest BCUT2D eigenvalue weighted by molar-refractivity contribution is 7.97. The fraction of sp³-hybridized carbons (Fsp3) is 0.529. The number of carbonyl (C=O) groups is 1. The van der Waals surface area contributed by atoms with E-state index < -0.39 is 5.41 Å². The number of benzene rings is 1. The predicted molar refractivity (Wildman–Crippen MR) is 99.4 cm³/mol. The number of rotatable bonds is 8. The third kappa shape index (κ3) is 6.39. The fourth-order valence-electron chi connectivity index (χ4n) is 1.94. The third-order valence-corrected chi connectivity index (χ3v) is 4.18. The highest BCUT2D eigenvalue weighted by Gasteiger charge is 2.24. The van der Waals surface area contributed by atoms with Gasteiger partial charge in [-0.15, -0.1) is 0 Å². The van der Waals surface area contributed by atoms with Gasteiger partial charge in [0.2, 0.25) is 5.91 Å². The number of nitrogens with two attached hydrogens (primary N) is 1. The molecule has 0 saturated carbocycles. The summed E-state index contributed by atoms with van der Waals surface area (Å²) in [6.07, 6.45) is 1.98. The molecule has 0 spiro atoms. The van der Waals surface area contributed by atoms with E-state index in [-0.39, 0.29) is 11.7 Å². The van der Waals surface area contributed by atoms with Crippen LogP contribution >= 0.6 is 11.8 Å². The highest BCUT2D eigenvalue weighted by atomic mass is 32.2. The van der Waals surface area contributed by atoms with Gasteiger partial charge in [0.15, 0.2) is 5.96 Å². The Kier molecular flexibility index (Phi) is 8.04. The molecule has 0 heterocycles. The summed E-state index contributed by atoms with van der Waals surface area (Å²) in [6.45, 7) is 7.04. The summed E-state index contributed by atoms with van der Waals surface area (Å²) in [6, 6.07) is 4.77. The second-order valence-corrected chi connectivity index (χ2v) is 7.01. The summed E-state index contributed by atoms with van der Waals surface area (Å²) in [4.78, 5) is 15.9. The quantitative estimate of drug-likeness (QED) is 0.494. The zero-order valence-corrected chi connectivity index (χ0v) is 15.6. The average molecular weight is 354 g/mol. The van der Waals surface area contributed by atoms with Gasteiger partial charge < -0.3 is 16.4 Å². The number of primary amides is 1. The van der Waals surface area contributed by atoms with Crippen LogP contribution in [0.25, 0.3) is 0 Å². The molecule has 0 aromatic heterocycles. The molecule has 0 saturated heterocycles. The molecular weight excluding hydrogens is 327 g/mol. The van der Waals surface area contributed by atoms with Crippen molar-refractivity contribution in [2.45, 2.75) is 33.1 Å². The maximum atomic E-state index is 13.4. The van der Waals surface area contributed by atoms with Gasteiger partial charge in [-0.3, -0.25) is 4.79 Å². The van der Waals surface area contributed by atoms with E-state index >= 15 is 0 Å². The van der Waals surface area contributed by atoms with Gasteiger partial charge in [0, 0.05) is 18.8 Å². The minimum atomic E-state index is -0.671. The van der Waals surface area contributed by atoms with Gasteiger partial charge in [0.25, 0.3) is 0 Å². The smallest absolute Gasteiger partial charge is 0.224 e. The van der Waals surface area contributed by atoms with Crippen LogP contribution in [-0.4, -0.2) is 31.2 Å². The lowest BCUT2D eigenvalue weighted by atomic mass is 9.93. The molecule has 7 heteroatoms. The van der Waals surface area contributed by atoms with Gasteiger partial charge in [0.1, 0.15) is 5.82 Å². The van der Waals surface area contributed by atoms with Gasteiger partial charge in [-0.2, -0.15) is 11.8 Å². The lowest BCUT2D eigenvalue weighted by Crippen LogP contribution is -2.46. The summed E-state index contributed by atoms with van der Waals surface area (Å²) >= 11 is 1.64. The van der Waals surface area contributed by atoms with Crippen LogP contribution in [0.2, 0.25) is 0 Å². The lowest BCUT2D eigenvalue weighted by molar-refractivity contribution is -0.125. The molecule has 0 bridgehead atoms. The molecule has 24 heavy (non-hydrogen) atoms. The zero-order chi connectivity index (χ0) is 18.2. The number of nitrogens with zero attached hydrogens (tertiary/aromatic N) is 1. The van der Waals surface area contributed by atoms with Crippen LogP contribution in [0.15, 0.2) is 23.2 Å². The van der Waals surface area contributed by atoms with Crippen molar-refractivity contribution >= 4 is 23.6 Å². The highest BCUT2D eigenvalue weighted by Crippen LogP contribution is 2.17. The first-order chi connectivity index (χ1) is 11.3. The van der Waals surface area contributed by atoms with Gasteiger partial charge in [-0.05, 0) is 50.3 Å². The molecule has 1 aromatic rings. The maximum Gasteiger partial charge on any atom is 0.224 e. The molecule has 0 aliphatic carbocycles. The first-order valence-electron chi connectivity index (χ1n) is 7.88. The first-order valence-corrected chi connectivity index (χ1v) is 9.28. The van der Waals surface area contributed by atoms with Crippen molar-refractivity contribution in [1.29, 1.82) is 0 Å². The Hall–Kier alpha value is -1.76. The van der Waals surface area contributed by atoms with Crippen molar-refractivity contribution < 1.29 is 9.18 Å². The minimum Gasteiger partial charge on any atom is -0.369 e. The van der Waals surface area contributed by atoms with E-state index in [1.807, 2.05) is 13.2 Å². The molecule has 0 unspecified atom stereocenters. The number of hydrogen-bond acceptors (Lipinski definition) is 3. The summed E-state index contributed by atoms with van der Waals surface area (Å²) in [5.41, 5.74) is 6.64. The van der Waals surface area contributed by atoms with E-state index in [2.05, 4.69) is 15.6 Å². The topological polar surface area (TPSA) is 79.5 Å². The number of thioether (sulfide) groups is 1. The van der Waals surface area contributed by atoms with Gasteiger partial charge in [-0.25, -0.2) is 9.38 Å². The van der Waals surface area contributed by atoms with Crippen molar-refractivity contribution in [2.75, 3.05) is 19.3 Å². The summed E-state index contributed by atoms with van der Waals surface area (Å²) in [7, 11) is 0. The number of nitrogens with one attached hydrogen (secondary N) is 2. The van der Waals surface area contributed by atoms with E-state index in [9.17, 15) is 9.18 Å². The monoisotopic (exact) mass is 354 g/mol. The molecule has 0 atom stereocenters. The molecule has 0 aliphatic rings. The SMILES string of the molecule is CCNC(=NCc1ccc(F)cc1CSC)NCC(C)(C)C(N)=O. The van der Waals surface area contributed by atoms with Crippen LogP contribution in [0.3, 0.4) is 0 Å². The summed E-state index contributed by atoms with van der Waals surface area (Å²) in [5, 5.41) is 6.27. The molecule has 0 aliphatic heterocycles. The average Bonchev–Trinajstić information content (AvgIpc) is 2.51. The Balaban J connectivity index is 2.84. The first kappa shape index (κ1) is 20.3. The van der Waals surface area contributed by atoms with E-state index in [0.29, 0.717) is 25.6 Å². The number of halogens is 1. The number of guanidine groups is 1. The Morgan fingerprint density at radius 3 is 2.62 bits per heavy atom. The predicted octanol–water partition coefficient (Wildman–Crippen LogP) is 2.26. The Morgan fingerprint density at radius 2 is 2.04 bits per heavy atom. The molecule has 0 fully saturated rings. The number of amides is 1. The van der Waals surface area contributed by atoms with Gasteiger partial charge >= 0.3 is 0 Å². The van der Waals surface area contributed by atoms with Crippen molar-refractivity contribution in [2.24, 2.45) is 16.1 Å². The van der Waals surface area contributed by atoms with Crippen LogP contribution in [0, 0.1) is 11.2 Å². The molecule has 0 radical (unpaired) electrons. The fourth-order valence-corrected chi connectivity index (χ4v) is 2.52. The third-order valence-electron chi connectivity index (χ3n) is 3.58. The summed E-state index contributed by atoms with van der Waals surface area (Å²) < 4.78 is 13.4. The Bertz CT molecular complexity index is 590. The van der Waals surface area contributed by atoms with E-state index in [0.717, 1.165) is 16.9 Å². The Morgan fingerprint density at radius 1 is 1.33 bits per heavy atom. The maximum absolute atomic E-state index is 13.4. The largest absolute Gasteiger partial charge is 0.369 e. The van der Waals surface area contributed by atoms with Gasteiger partial charge in [-0.1, -0.05) is 6.07 Å². The standard InChI is InChI=1S/C17H27FN4OS/c1-5-20-16(22-11-17(2,3)15(19)23)21-9-12-6-7-14(18)8-13(12)10-24-4/h6-8H,5,9-11H2,1-4H3,(H2,19,23)(H2,20,21,22). The molecule has 1 rings (SSSR count). The van der Waals surface area contributed by atoms with E-state index in [1.165, 1.54) is 6.07 Å². The number of hydrogen-bond donors (Lipinski definition) is 3. The second-order valence-electron chi connectivity index (χ2n) is 6.14. The van der Waals surface area contributed by atoms with Crippen molar-refractivity contribution in [3.63, 3.8) is 0 Å². The second kappa shape index (κ2) is 9.52. The van der Waals surface area contributed by atoms with Crippen molar-refractivity contribution in [1.82, 2.24) is 10.6 Å². The van der Waals surface area contributed by atoms with Crippen LogP contribution in [0.4, 0.5) is 4.39 Å². The summed E-state index contributed by atoms with van der Waals surface area (Å²) in [5.74, 6) is 0.735. The zero-order valence-electron chi connectivity index (χ0n) is 14.8. The molecule has 1 aromatic carbocycles. The van der Waals surface area contributed by atoms with E-state index in [1.54, 1.807) is 37.7 Å². The molecular formula is C17H27FN4OS. The molecule has 5 nitrogen and oxygen atoms in total. The molecule has 1 amide bonds. The van der Waals surface area contributed by atoms with Gasteiger partial charge in [0.05, 0.1) is 12.0 Å². The number of aliphatic imine (C=N–C) groups is 1. The lowest BCUT2D eigenvalue weighted by Gasteiger charge is -2.22. The van der Waals surface area contributed by atoms with Crippen molar-refractivity contribution in [3.8, 4) is 0 Å². The van der Waals surface area contributed by atoms with E-state index in [4.69, 9.17) is 5.73 Å². The van der Waals surface area contributed by atoms with Crippen molar-refractivity contribution in [3.05, 3.63) is 35.1 Å². The normalized spacial score (nSPS) is 12.1. The van der Waals surface area contributed by atoms with Crippen LogP contribution in [0.1, 0.15) is 31.9 Å². The number of carbonyl (C=O) groups excluding carboxylic acids is 1. The molecule has 134 valence electrons. The molecule has 4 N–H and O–H groups in total. The van der Waals surface area contributed by atoms with Crippen LogP contribution < -0.4 is 16.4 Å². The van der Waals surface area contributed by atoms with Crippen LogP contribution in [0.5, 0.6) is 0 Å². The minimum absolute atomic E-state index is 0.236.